The van der Waals surface area contributed by atoms with Gasteiger partial charge in [-0.15, -0.1) is 11.3 Å². The van der Waals surface area contributed by atoms with Gasteiger partial charge in [0.2, 0.25) is 5.91 Å². The quantitative estimate of drug-likeness (QED) is 0.715. The first kappa shape index (κ1) is 14.6. The van der Waals surface area contributed by atoms with Gasteiger partial charge in [-0.3, -0.25) is 9.59 Å². The maximum absolute atomic E-state index is 11.7. The lowest BCUT2D eigenvalue weighted by Crippen LogP contribution is -2.28. The summed E-state index contributed by atoms with van der Waals surface area (Å²) < 4.78 is 0. The zero-order valence-corrected chi connectivity index (χ0v) is 11.2. The Labute approximate surface area is 109 Å². The molecule has 3 N–H and O–H groups in total. The summed E-state index contributed by atoms with van der Waals surface area (Å²) in [6, 6.07) is 0. The number of rotatable bonds is 6. The number of nitrogens with zero attached hydrogens (tertiary/aromatic N) is 1. The zero-order chi connectivity index (χ0) is 13.5. The highest BCUT2D eigenvalue weighted by Gasteiger charge is 2.12. The summed E-state index contributed by atoms with van der Waals surface area (Å²) in [5.41, 5.74) is 0.292. The molecule has 0 spiro atoms. The van der Waals surface area contributed by atoms with Crippen molar-refractivity contribution in [3.05, 3.63) is 11.1 Å². The fraction of sp³-hybridized carbons (Fsp3) is 0.545. The molecule has 0 radical (unpaired) electrons. The van der Waals surface area contributed by atoms with Gasteiger partial charge in [-0.05, 0) is 12.3 Å². The van der Waals surface area contributed by atoms with E-state index in [-0.39, 0.29) is 24.3 Å². The fourth-order valence-electron chi connectivity index (χ4n) is 1.27. The monoisotopic (exact) mass is 271 g/mol. The first-order valence-electron chi connectivity index (χ1n) is 5.65. The van der Waals surface area contributed by atoms with Crippen molar-refractivity contribution in [2.24, 2.45) is 5.92 Å². The Balaban J connectivity index is 2.46. The highest BCUT2D eigenvalue weighted by Crippen LogP contribution is 2.15. The summed E-state index contributed by atoms with van der Waals surface area (Å²) in [6.45, 7) is 3.94. The van der Waals surface area contributed by atoms with E-state index in [1.807, 2.05) is 6.92 Å². The van der Waals surface area contributed by atoms with Crippen LogP contribution in [0, 0.1) is 5.92 Å². The van der Waals surface area contributed by atoms with Crippen LogP contribution in [0.4, 0.5) is 5.13 Å². The molecule has 1 aromatic heterocycles. The van der Waals surface area contributed by atoms with Crippen LogP contribution in [0.1, 0.15) is 30.8 Å². The minimum atomic E-state index is -0.271. The van der Waals surface area contributed by atoms with Crippen LogP contribution in [0.25, 0.3) is 0 Å². The van der Waals surface area contributed by atoms with Gasteiger partial charge in [0.15, 0.2) is 5.13 Å². The van der Waals surface area contributed by atoms with E-state index in [2.05, 4.69) is 15.6 Å². The molecule has 0 aliphatic heterocycles. The lowest BCUT2D eigenvalue weighted by atomic mass is 10.1. The lowest BCUT2D eigenvalue weighted by molar-refractivity contribution is -0.114. The smallest absolute Gasteiger partial charge is 0.270 e. The molecule has 7 heteroatoms. The number of hydrogen-bond donors (Lipinski definition) is 3. The Morgan fingerprint density at radius 3 is 2.89 bits per heavy atom. The second-order valence-corrected chi connectivity index (χ2v) is 4.90. The number of aliphatic hydroxyl groups excluding tert-OH is 1. The predicted molar refractivity (Wildman–Crippen MR) is 69.6 cm³/mol. The van der Waals surface area contributed by atoms with Crippen molar-refractivity contribution >= 4 is 28.3 Å². The molecule has 1 aromatic rings. The van der Waals surface area contributed by atoms with Gasteiger partial charge in [0.25, 0.3) is 5.91 Å². The van der Waals surface area contributed by atoms with E-state index in [0.717, 1.165) is 0 Å². The van der Waals surface area contributed by atoms with E-state index < -0.39 is 0 Å². The first-order chi connectivity index (χ1) is 8.52. The number of aromatic nitrogens is 1. The van der Waals surface area contributed by atoms with Crippen LogP contribution < -0.4 is 10.6 Å². The molecule has 0 saturated heterocycles. The number of amides is 2. The second kappa shape index (κ2) is 7.07. The molecule has 0 aliphatic carbocycles. The number of thiazole rings is 1. The van der Waals surface area contributed by atoms with Crippen LogP contribution in [-0.4, -0.2) is 35.1 Å². The third-order valence-electron chi connectivity index (χ3n) is 2.25. The third kappa shape index (κ3) is 4.80. The molecule has 0 aromatic carbocycles. The van der Waals surface area contributed by atoms with Crippen LogP contribution in [0.15, 0.2) is 5.38 Å². The molecule has 0 saturated carbocycles. The molecule has 18 heavy (non-hydrogen) atoms. The number of hydrogen-bond acceptors (Lipinski definition) is 5. The summed E-state index contributed by atoms with van der Waals surface area (Å²) >= 11 is 1.21. The van der Waals surface area contributed by atoms with Gasteiger partial charge in [0.1, 0.15) is 5.69 Å². The molecule has 1 rings (SSSR count). The first-order valence-corrected chi connectivity index (χ1v) is 6.53. The topological polar surface area (TPSA) is 91.3 Å². The number of aliphatic hydroxyl groups is 1. The second-order valence-electron chi connectivity index (χ2n) is 4.05. The Hall–Kier alpha value is -1.47. The van der Waals surface area contributed by atoms with Crippen LogP contribution in [-0.2, 0) is 4.79 Å². The Kier molecular flexibility index (Phi) is 5.73. The third-order valence-corrected chi connectivity index (χ3v) is 3.01. The molecular weight excluding hydrogens is 254 g/mol. The number of carbonyl (C=O) groups excluding carboxylic acids is 2. The van der Waals surface area contributed by atoms with Gasteiger partial charge in [0, 0.05) is 25.5 Å². The average molecular weight is 271 g/mol. The summed E-state index contributed by atoms with van der Waals surface area (Å²) in [5, 5.41) is 16.0. The van der Waals surface area contributed by atoms with E-state index in [4.69, 9.17) is 5.11 Å². The molecule has 0 bridgehead atoms. The maximum atomic E-state index is 11.7. The Bertz CT molecular complexity index is 419. The number of anilines is 1. The van der Waals surface area contributed by atoms with Crippen molar-refractivity contribution in [3.8, 4) is 0 Å². The van der Waals surface area contributed by atoms with Gasteiger partial charge in [0.05, 0.1) is 0 Å². The van der Waals surface area contributed by atoms with Crippen molar-refractivity contribution in [2.45, 2.75) is 20.3 Å². The average Bonchev–Trinajstić information content (AvgIpc) is 2.74. The van der Waals surface area contributed by atoms with Crippen LogP contribution in [0.5, 0.6) is 0 Å². The zero-order valence-electron chi connectivity index (χ0n) is 10.4. The van der Waals surface area contributed by atoms with Gasteiger partial charge < -0.3 is 15.7 Å². The van der Waals surface area contributed by atoms with Crippen LogP contribution >= 0.6 is 11.3 Å². The summed E-state index contributed by atoms with van der Waals surface area (Å²) in [7, 11) is 0. The highest BCUT2D eigenvalue weighted by molar-refractivity contribution is 7.14. The van der Waals surface area contributed by atoms with E-state index in [1.54, 1.807) is 5.38 Å². The van der Waals surface area contributed by atoms with Crippen LogP contribution in [0.3, 0.4) is 0 Å². The molecule has 2 amide bonds. The fourth-order valence-corrected chi connectivity index (χ4v) is 2.00. The molecule has 6 nitrogen and oxygen atoms in total. The Morgan fingerprint density at radius 2 is 2.28 bits per heavy atom. The SMILES string of the molecule is CC(=O)Nc1nc(C(=O)NCC(C)CCO)cs1. The maximum Gasteiger partial charge on any atom is 0.270 e. The minimum absolute atomic E-state index is 0.112. The Morgan fingerprint density at radius 1 is 1.56 bits per heavy atom. The van der Waals surface area contributed by atoms with E-state index in [9.17, 15) is 9.59 Å². The molecule has 0 fully saturated rings. The summed E-state index contributed by atoms with van der Waals surface area (Å²) in [5.74, 6) is -0.270. The molecule has 1 heterocycles. The molecule has 100 valence electrons. The van der Waals surface area contributed by atoms with Crippen molar-refractivity contribution in [2.75, 3.05) is 18.5 Å². The van der Waals surface area contributed by atoms with Crippen LogP contribution in [0.2, 0.25) is 0 Å². The van der Waals surface area contributed by atoms with Gasteiger partial charge in [-0.25, -0.2) is 4.98 Å². The van der Waals surface area contributed by atoms with Gasteiger partial charge in [-0.1, -0.05) is 6.92 Å². The van der Waals surface area contributed by atoms with Crippen molar-refractivity contribution in [1.29, 1.82) is 0 Å². The van der Waals surface area contributed by atoms with Gasteiger partial charge in [-0.2, -0.15) is 0 Å². The lowest BCUT2D eigenvalue weighted by Gasteiger charge is -2.09. The number of nitrogens with one attached hydrogen (secondary N) is 2. The molecular formula is C11H17N3O3S. The minimum Gasteiger partial charge on any atom is -0.396 e. The van der Waals surface area contributed by atoms with E-state index in [0.29, 0.717) is 23.8 Å². The summed E-state index contributed by atoms with van der Waals surface area (Å²) in [6.07, 6.45) is 0.647. The molecule has 0 aliphatic rings. The highest BCUT2D eigenvalue weighted by atomic mass is 32.1. The van der Waals surface area contributed by atoms with Crippen molar-refractivity contribution < 1.29 is 14.7 Å². The molecule has 1 atom stereocenters. The number of carbonyl (C=O) groups is 2. The van der Waals surface area contributed by atoms with Gasteiger partial charge >= 0.3 is 0 Å². The van der Waals surface area contributed by atoms with E-state index in [1.165, 1.54) is 18.3 Å². The molecule has 1 unspecified atom stereocenters. The van der Waals surface area contributed by atoms with Crippen molar-refractivity contribution in [1.82, 2.24) is 10.3 Å². The standard InChI is InChI=1S/C11H17N3O3S/c1-7(3-4-15)5-12-10(17)9-6-18-11(14-9)13-8(2)16/h6-7,15H,3-5H2,1-2H3,(H,12,17)(H,13,14,16). The normalized spacial score (nSPS) is 11.9. The van der Waals surface area contributed by atoms with Crippen molar-refractivity contribution in [3.63, 3.8) is 0 Å². The predicted octanol–water partition coefficient (Wildman–Crippen LogP) is 0.850. The largest absolute Gasteiger partial charge is 0.396 e. The summed E-state index contributed by atoms with van der Waals surface area (Å²) in [4.78, 5) is 26.5. The van der Waals surface area contributed by atoms with E-state index >= 15 is 0 Å².